The van der Waals surface area contributed by atoms with Crippen molar-refractivity contribution in [3.63, 3.8) is 0 Å². The molecular formula is C21H19FN4OS. The minimum Gasteiger partial charge on any atom is -0.337 e. The zero-order chi connectivity index (χ0) is 19.7. The number of nitrogens with zero attached hydrogens (tertiary/aromatic N) is 4. The van der Waals surface area contributed by atoms with Gasteiger partial charge in [-0.25, -0.2) is 14.1 Å². The van der Waals surface area contributed by atoms with Crippen molar-refractivity contribution in [3.05, 3.63) is 81.6 Å². The molecule has 1 amide bonds. The molecule has 0 fully saturated rings. The van der Waals surface area contributed by atoms with Gasteiger partial charge in [-0.2, -0.15) is 5.10 Å². The number of rotatable bonds is 5. The van der Waals surface area contributed by atoms with Gasteiger partial charge in [-0.05, 0) is 42.1 Å². The third-order valence-corrected chi connectivity index (χ3v) is 5.37. The first-order chi connectivity index (χ1) is 13.5. The highest BCUT2D eigenvalue weighted by Gasteiger charge is 2.19. The summed E-state index contributed by atoms with van der Waals surface area (Å²) in [6, 6.07) is 12.1. The van der Waals surface area contributed by atoms with Crippen LogP contribution in [0.1, 0.15) is 26.5 Å². The van der Waals surface area contributed by atoms with E-state index in [1.54, 1.807) is 47.7 Å². The first-order valence-electron chi connectivity index (χ1n) is 8.87. The first kappa shape index (κ1) is 18.3. The van der Waals surface area contributed by atoms with Crippen LogP contribution in [0, 0.1) is 12.7 Å². The van der Waals surface area contributed by atoms with Gasteiger partial charge in [0.25, 0.3) is 5.91 Å². The maximum absolute atomic E-state index is 13.4. The van der Waals surface area contributed by atoms with Crippen molar-refractivity contribution in [3.8, 4) is 0 Å². The van der Waals surface area contributed by atoms with E-state index >= 15 is 0 Å². The van der Waals surface area contributed by atoms with Crippen LogP contribution in [0.25, 0.3) is 11.0 Å². The monoisotopic (exact) mass is 394 g/mol. The van der Waals surface area contributed by atoms with E-state index in [-0.39, 0.29) is 11.7 Å². The molecule has 28 heavy (non-hydrogen) atoms. The summed E-state index contributed by atoms with van der Waals surface area (Å²) in [7, 11) is 1.71. The molecule has 0 aliphatic carbocycles. The van der Waals surface area contributed by atoms with E-state index in [1.165, 1.54) is 17.0 Å². The number of carbonyl (C=O) groups excluding carboxylic acids is 1. The Kier molecular flexibility index (Phi) is 4.92. The number of hydrogen-bond donors (Lipinski definition) is 0. The number of hydrogen-bond acceptors (Lipinski definition) is 4. The second-order valence-electron chi connectivity index (χ2n) is 6.72. The molecule has 3 heterocycles. The molecule has 4 rings (SSSR count). The Labute approximate surface area is 166 Å². The summed E-state index contributed by atoms with van der Waals surface area (Å²) in [5, 5.41) is 7.19. The average Bonchev–Trinajstić information content (AvgIpc) is 3.31. The maximum atomic E-state index is 13.4. The fraction of sp³-hybridized carbons (Fsp3) is 0.190. The molecule has 1 aromatic carbocycles. The van der Waals surface area contributed by atoms with Gasteiger partial charge in [0.05, 0.1) is 23.7 Å². The Bertz CT molecular complexity index is 1140. The van der Waals surface area contributed by atoms with Crippen LogP contribution in [0.15, 0.2) is 54.0 Å². The van der Waals surface area contributed by atoms with E-state index < -0.39 is 0 Å². The van der Waals surface area contributed by atoms with Crippen LogP contribution in [-0.4, -0.2) is 32.6 Å². The molecule has 0 saturated carbocycles. The van der Waals surface area contributed by atoms with Gasteiger partial charge in [-0.1, -0.05) is 18.2 Å². The summed E-state index contributed by atoms with van der Waals surface area (Å²) in [4.78, 5) is 20.4. The van der Waals surface area contributed by atoms with E-state index in [2.05, 4.69) is 10.1 Å². The number of pyridine rings is 1. The molecule has 0 aliphatic rings. The third-order valence-electron chi connectivity index (χ3n) is 4.51. The van der Waals surface area contributed by atoms with E-state index in [4.69, 9.17) is 0 Å². The average molecular weight is 394 g/mol. The quantitative estimate of drug-likeness (QED) is 0.508. The van der Waals surface area contributed by atoms with Gasteiger partial charge in [0.15, 0.2) is 5.65 Å². The second kappa shape index (κ2) is 7.52. The summed E-state index contributed by atoms with van der Waals surface area (Å²) in [6.07, 6.45) is 1.69. The lowest BCUT2D eigenvalue weighted by molar-refractivity contribution is 0.0786. The lowest BCUT2D eigenvalue weighted by Crippen LogP contribution is -2.26. The largest absolute Gasteiger partial charge is 0.337 e. The van der Waals surface area contributed by atoms with Crippen molar-refractivity contribution in [2.24, 2.45) is 0 Å². The number of amides is 1. The zero-order valence-electron chi connectivity index (χ0n) is 15.6. The number of halogens is 1. The van der Waals surface area contributed by atoms with Gasteiger partial charge in [0, 0.05) is 24.2 Å². The van der Waals surface area contributed by atoms with Gasteiger partial charge in [0.1, 0.15) is 5.82 Å². The smallest absolute Gasteiger partial charge is 0.254 e. The normalized spacial score (nSPS) is 11.1. The van der Waals surface area contributed by atoms with Gasteiger partial charge in [0.2, 0.25) is 0 Å². The van der Waals surface area contributed by atoms with Gasteiger partial charge in [-0.3, -0.25) is 4.79 Å². The number of carbonyl (C=O) groups is 1. The Morgan fingerprint density at radius 2 is 2.11 bits per heavy atom. The summed E-state index contributed by atoms with van der Waals surface area (Å²) < 4.78 is 15.3. The van der Waals surface area contributed by atoms with Crippen LogP contribution < -0.4 is 0 Å². The van der Waals surface area contributed by atoms with E-state index in [9.17, 15) is 9.18 Å². The highest BCUT2D eigenvalue weighted by atomic mass is 32.1. The zero-order valence-corrected chi connectivity index (χ0v) is 16.4. The Morgan fingerprint density at radius 1 is 1.25 bits per heavy atom. The topological polar surface area (TPSA) is 51.0 Å². The van der Waals surface area contributed by atoms with Crippen molar-refractivity contribution in [1.29, 1.82) is 0 Å². The lowest BCUT2D eigenvalue weighted by Gasteiger charge is -2.18. The molecular weight excluding hydrogens is 375 g/mol. The van der Waals surface area contributed by atoms with Gasteiger partial charge < -0.3 is 4.90 Å². The number of fused-ring (bicyclic) bond motifs is 1. The van der Waals surface area contributed by atoms with Crippen molar-refractivity contribution < 1.29 is 9.18 Å². The Morgan fingerprint density at radius 3 is 2.86 bits per heavy atom. The van der Waals surface area contributed by atoms with Crippen LogP contribution in [0.4, 0.5) is 4.39 Å². The van der Waals surface area contributed by atoms with Crippen molar-refractivity contribution in [1.82, 2.24) is 19.7 Å². The summed E-state index contributed by atoms with van der Waals surface area (Å²) in [5.41, 5.74) is 2.74. The molecule has 0 radical (unpaired) electrons. The minimum atomic E-state index is -0.310. The fourth-order valence-electron chi connectivity index (χ4n) is 3.20. The number of benzene rings is 1. The van der Waals surface area contributed by atoms with Crippen molar-refractivity contribution >= 4 is 28.3 Å². The van der Waals surface area contributed by atoms with Gasteiger partial charge in [-0.15, -0.1) is 11.3 Å². The molecule has 142 valence electrons. The molecule has 0 saturated heterocycles. The van der Waals surface area contributed by atoms with Crippen molar-refractivity contribution in [2.45, 2.75) is 20.0 Å². The third kappa shape index (κ3) is 3.66. The van der Waals surface area contributed by atoms with E-state index in [0.29, 0.717) is 24.3 Å². The predicted molar refractivity (Wildman–Crippen MR) is 108 cm³/mol. The molecule has 3 aromatic heterocycles. The Hall–Kier alpha value is -3.06. The lowest BCUT2D eigenvalue weighted by atomic mass is 10.1. The number of aryl methyl sites for hydroxylation is 1. The number of aromatic nitrogens is 3. The van der Waals surface area contributed by atoms with Crippen molar-refractivity contribution in [2.75, 3.05) is 7.05 Å². The molecule has 0 atom stereocenters. The van der Waals surface area contributed by atoms with Crippen LogP contribution in [0.5, 0.6) is 0 Å². The molecule has 5 nitrogen and oxygen atoms in total. The Balaban J connectivity index is 1.65. The SMILES string of the molecule is Cc1cc(C(=O)N(C)Cc2cccc(F)c2)c2cnn(Cc3cccs3)c2n1. The van der Waals surface area contributed by atoms with Crippen LogP contribution in [0.3, 0.4) is 0 Å². The molecule has 4 aromatic rings. The minimum absolute atomic E-state index is 0.143. The van der Waals surface area contributed by atoms with Crippen LogP contribution >= 0.6 is 11.3 Å². The predicted octanol–water partition coefficient (Wildman–Crippen LogP) is 4.26. The fourth-order valence-corrected chi connectivity index (χ4v) is 3.89. The highest BCUT2D eigenvalue weighted by Crippen LogP contribution is 2.22. The summed E-state index contributed by atoms with van der Waals surface area (Å²) in [5.74, 6) is -0.453. The summed E-state index contributed by atoms with van der Waals surface area (Å²) >= 11 is 1.66. The second-order valence-corrected chi connectivity index (χ2v) is 7.75. The van der Waals surface area contributed by atoms with E-state index in [0.717, 1.165) is 16.6 Å². The summed E-state index contributed by atoms with van der Waals surface area (Å²) in [6.45, 7) is 2.80. The van der Waals surface area contributed by atoms with Crippen LogP contribution in [-0.2, 0) is 13.1 Å². The molecule has 0 N–H and O–H groups in total. The van der Waals surface area contributed by atoms with E-state index in [1.807, 2.05) is 29.1 Å². The molecule has 0 aliphatic heterocycles. The molecule has 0 unspecified atom stereocenters. The number of thiophene rings is 1. The van der Waals surface area contributed by atoms with Crippen LogP contribution in [0.2, 0.25) is 0 Å². The first-order valence-corrected chi connectivity index (χ1v) is 9.74. The molecule has 7 heteroatoms. The standard InChI is InChI=1S/C21H19FN4OS/c1-14-9-18(21(27)25(2)12-15-5-3-6-16(22)10-15)19-11-23-26(20(19)24-14)13-17-7-4-8-28-17/h3-11H,12-13H2,1-2H3. The van der Waals surface area contributed by atoms with Gasteiger partial charge >= 0.3 is 0 Å². The molecule has 0 bridgehead atoms. The maximum Gasteiger partial charge on any atom is 0.254 e. The molecule has 0 spiro atoms. The highest BCUT2D eigenvalue weighted by molar-refractivity contribution is 7.09.